The molecule has 0 fully saturated rings. The molecule has 0 radical (unpaired) electrons. The summed E-state index contributed by atoms with van der Waals surface area (Å²) in [7, 11) is 0. The number of amides is 1. The van der Waals surface area contributed by atoms with E-state index in [9.17, 15) is 4.79 Å². The Hall–Kier alpha value is -1.81. The molecule has 4 nitrogen and oxygen atoms in total. The fraction of sp³-hybridized carbons (Fsp3) is 0.167. The molecule has 1 aromatic carbocycles. The van der Waals surface area contributed by atoms with Gasteiger partial charge in [0.15, 0.2) is 5.69 Å². The molecule has 1 amide bonds. The smallest absolute Gasteiger partial charge is 0.274 e. The second kappa shape index (κ2) is 5.01. The maximum absolute atomic E-state index is 11.7. The lowest BCUT2D eigenvalue weighted by Crippen LogP contribution is -2.23. The fourth-order valence-corrected chi connectivity index (χ4v) is 1.61. The van der Waals surface area contributed by atoms with E-state index in [0.29, 0.717) is 22.8 Å². The van der Waals surface area contributed by atoms with Gasteiger partial charge in [0.1, 0.15) is 6.26 Å². The van der Waals surface area contributed by atoms with E-state index >= 15 is 0 Å². The summed E-state index contributed by atoms with van der Waals surface area (Å²) in [5.41, 5.74) is 1.88. The molecule has 1 aromatic heterocycles. The first kappa shape index (κ1) is 11.7. The van der Waals surface area contributed by atoms with Gasteiger partial charge in [-0.1, -0.05) is 35.0 Å². The SMILES string of the molecule is Cc1conc1C(=O)NCc1ccccc1Cl. The number of benzene rings is 1. The molecule has 0 atom stereocenters. The van der Waals surface area contributed by atoms with Gasteiger partial charge in [0, 0.05) is 17.1 Å². The summed E-state index contributed by atoms with van der Waals surface area (Å²) in [5.74, 6) is -0.267. The number of carbonyl (C=O) groups excluding carboxylic acids is 1. The number of aryl methyl sites for hydroxylation is 1. The molecule has 17 heavy (non-hydrogen) atoms. The summed E-state index contributed by atoms with van der Waals surface area (Å²) in [6.45, 7) is 2.13. The molecule has 0 aliphatic rings. The molecule has 1 heterocycles. The lowest BCUT2D eigenvalue weighted by Gasteiger charge is -2.05. The molecule has 0 unspecified atom stereocenters. The van der Waals surface area contributed by atoms with Crippen LogP contribution in [-0.2, 0) is 6.54 Å². The van der Waals surface area contributed by atoms with Gasteiger partial charge in [-0.05, 0) is 18.6 Å². The molecule has 0 saturated carbocycles. The first-order valence-electron chi connectivity index (χ1n) is 5.11. The number of nitrogens with one attached hydrogen (secondary N) is 1. The molecule has 0 spiro atoms. The van der Waals surface area contributed by atoms with Crippen molar-refractivity contribution < 1.29 is 9.32 Å². The van der Waals surface area contributed by atoms with Crippen LogP contribution < -0.4 is 5.32 Å². The van der Waals surface area contributed by atoms with Crippen molar-refractivity contribution in [3.8, 4) is 0 Å². The summed E-state index contributed by atoms with van der Waals surface area (Å²) in [4.78, 5) is 11.7. The van der Waals surface area contributed by atoms with Crippen LogP contribution in [-0.4, -0.2) is 11.1 Å². The van der Waals surface area contributed by atoms with Gasteiger partial charge in [-0.15, -0.1) is 0 Å². The lowest BCUT2D eigenvalue weighted by molar-refractivity contribution is 0.0941. The van der Waals surface area contributed by atoms with Crippen molar-refractivity contribution in [3.05, 3.63) is 52.4 Å². The highest BCUT2D eigenvalue weighted by Crippen LogP contribution is 2.14. The number of nitrogens with zero attached hydrogens (tertiary/aromatic N) is 1. The molecular weight excluding hydrogens is 240 g/mol. The number of hydrogen-bond acceptors (Lipinski definition) is 3. The maximum atomic E-state index is 11.7. The van der Waals surface area contributed by atoms with E-state index in [-0.39, 0.29) is 5.91 Å². The monoisotopic (exact) mass is 250 g/mol. The summed E-state index contributed by atoms with van der Waals surface area (Å²) in [6.07, 6.45) is 1.43. The molecule has 88 valence electrons. The Labute approximate surface area is 104 Å². The Kier molecular flexibility index (Phi) is 3.44. The van der Waals surface area contributed by atoms with Gasteiger partial charge in [0.25, 0.3) is 5.91 Å². The van der Waals surface area contributed by atoms with Crippen molar-refractivity contribution in [2.24, 2.45) is 0 Å². The number of aromatic nitrogens is 1. The minimum atomic E-state index is -0.267. The highest BCUT2D eigenvalue weighted by atomic mass is 35.5. The maximum Gasteiger partial charge on any atom is 0.274 e. The Balaban J connectivity index is 2.02. The van der Waals surface area contributed by atoms with Crippen molar-refractivity contribution in [1.82, 2.24) is 10.5 Å². The van der Waals surface area contributed by atoms with E-state index in [4.69, 9.17) is 16.1 Å². The van der Waals surface area contributed by atoms with E-state index < -0.39 is 0 Å². The second-order valence-corrected chi connectivity index (χ2v) is 4.03. The van der Waals surface area contributed by atoms with Gasteiger partial charge in [0.2, 0.25) is 0 Å². The predicted octanol–water partition coefficient (Wildman–Crippen LogP) is 2.57. The van der Waals surface area contributed by atoms with Gasteiger partial charge >= 0.3 is 0 Å². The summed E-state index contributed by atoms with van der Waals surface area (Å²) >= 11 is 5.98. The van der Waals surface area contributed by atoms with Crippen LogP contribution in [0.25, 0.3) is 0 Å². The normalized spacial score (nSPS) is 10.2. The Morgan fingerprint density at radius 2 is 2.24 bits per heavy atom. The van der Waals surface area contributed by atoms with E-state index in [1.54, 1.807) is 13.0 Å². The fourth-order valence-electron chi connectivity index (χ4n) is 1.41. The van der Waals surface area contributed by atoms with Crippen molar-refractivity contribution in [3.63, 3.8) is 0 Å². The van der Waals surface area contributed by atoms with Crippen molar-refractivity contribution in [1.29, 1.82) is 0 Å². The molecule has 0 aliphatic carbocycles. The minimum Gasteiger partial charge on any atom is -0.364 e. The van der Waals surface area contributed by atoms with Crippen LogP contribution in [0.15, 0.2) is 35.1 Å². The third-order valence-corrected chi connectivity index (χ3v) is 2.73. The van der Waals surface area contributed by atoms with Crippen LogP contribution in [0.3, 0.4) is 0 Å². The van der Waals surface area contributed by atoms with Gasteiger partial charge in [0.05, 0.1) is 0 Å². The van der Waals surface area contributed by atoms with Crippen molar-refractivity contribution in [2.45, 2.75) is 13.5 Å². The minimum absolute atomic E-state index is 0.267. The molecular formula is C12H11ClN2O2. The van der Waals surface area contributed by atoms with E-state index in [2.05, 4.69) is 10.5 Å². The van der Waals surface area contributed by atoms with Gasteiger partial charge < -0.3 is 9.84 Å². The highest BCUT2D eigenvalue weighted by Gasteiger charge is 2.13. The van der Waals surface area contributed by atoms with Gasteiger partial charge in [-0.3, -0.25) is 4.79 Å². The topological polar surface area (TPSA) is 55.1 Å². The third-order valence-electron chi connectivity index (χ3n) is 2.36. The second-order valence-electron chi connectivity index (χ2n) is 3.62. The Morgan fingerprint density at radius 1 is 1.47 bits per heavy atom. The van der Waals surface area contributed by atoms with Crippen LogP contribution in [0.2, 0.25) is 5.02 Å². The summed E-state index contributed by atoms with van der Waals surface area (Å²) in [5, 5.41) is 7.00. The van der Waals surface area contributed by atoms with Crippen LogP contribution in [0, 0.1) is 6.92 Å². The van der Waals surface area contributed by atoms with Crippen LogP contribution >= 0.6 is 11.6 Å². The van der Waals surface area contributed by atoms with E-state index in [1.807, 2.05) is 18.2 Å². The molecule has 1 N–H and O–H groups in total. The zero-order chi connectivity index (χ0) is 12.3. The molecule has 5 heteroatoms. The number of halogens is 1. The number of rotatable bonds is 3. The number of carbonyl (C=O) groups is 1. The Morgan fingerprint density at radius 3 is 2.88 bits per heavy atom. The molecule has 0 aliphatic heterocycles. The summed E-state index contributed by atoms with van der Waals surface area (Å²) < 4.78 is 4.71. The summed E-state index contributed by atoms with van der Waals surface area (Å²) in [6, 6.07) is 7.35. The van der Waals surface area contributed by atoms with Crippen LogP contribution in [0.1, 0.15) is 21.6 Å². The van der Waals surface area contributed by atoms with Crippen LogP contribution in [0.5, 0.6) is 0 Å². The highest BCUT2D eigenvalue weighted by molar-refractivity contribution is 6.31. The number of hydrogen-bond donors (Lipinski definition) is 1. The average Bonchev–Trinajstić information content (AvgIpc) is 2.74. The molecule has 2 aromatic rings. The van der Waals surface area contributed by atoms with Gasteiger partial charge in [-0.2, -0.15) is 0 Å². The largest absolute Gasteiger partial charge is 0.364 e. The third kappa shape index (κ3) is 2.65. The average molecular weight is 251 g/mol. The lowest BCUT2D eigenvalue weighted by atomic mass is 10.2. The first-order valence-corrected chi connectivity index (χ1v) is 5.49. The van der Waals surface area contributed by atoms with E-state index in [0.717, 1.165) is 5.56 Å². The Bertz CT molecular complexity index is 537. The zero-order valence-corrected chi connectivity index (χ0v) is 9.99. The van der Waals surface area contributed by atoms with E-state index in [1.165, 1.54) is 6.26 Å². The molecule has 2 rings (SSSR count). The quantitative estimate of drug-likeness (QED) is 0.911. The van der Waals surface area contributed by atoms with Crippen molar-refractivity contribution >= 4 is 17.5 Å². The molecule has 0 bridgehead atoms. The zero-order valence-electron chi connectivity index (χ0n) is 9.24. The van der Waals surface area contributed by atoms with Gasteiger partial charge in [-0.25, -0.2) is 0 Å². The van der Waals surface area contributed by atoms with Crippen molar-refractivity contribution in [2.75, 3.05) is 0 Å². The van der Waals surface area contributed by atoms with Crippen LogP contribution in [0.4, 0.5) is 0 Å². The first-order chi connectivity index (χ1) is 8.18. The predicted molar refractivity (Wildman–Crippen MR) is 63.9 cm³/mol. The standard InChI is InChI=1S/C12H11ClN2O2/c1-8-7-17-15-11(8)12(16)14-6-9-4-2-3-5-10(9)13/h2-5,7H,6H2,1H3,(H,14,16). The molecule has 0 saturated heterocycles.